The van der Waals surface area contributed by atoms with Gasteiger partial charge in [0.25, 0.3) is 5.91 Å². The molecule has 0 saturated carbocycles. The van der Waals surface area contributed by atoms with Crippen molar-refractivity contribution in [3.63, 3.8) is 0 Å². The third-order valence-electron chi connectivity index (χ3n) is 5.34. The summed E-state index contributed by atoms with van der Waals surface area (Å²) in [5.41, 5.74) is 4.40. The Labute approximate surface area is 177 Å². The zero-order valence-corrected chi connectivity index (χ0v) is 17.6. The average molecular weight is 409 g/mol. The van der Waals surface area contributed by atoms with Gasteiger partial charge < -0.3 is 19.7 Å². The summed E-state index contributed by atoms with van der Waals surface area (Å²) >= 11 is 0. The van der Waals surface area contributed by atoms with E-state index in [-0.39, 0.29) is 12.0 Å². The van der Waals surface area contributed by atoms with Gasteiger partial charge in [0.1, 0.15) is 6.10 Å². The Bertz CT molecular complexity index is 936. The normalized spacial score (nSPS) is 16.3. The van der Waals surface area contributed by atoms with E-state index in [2.05, 4.69) is 10.3 Å². The van der Waals surface area contributed by atoms with E-state index in [0.29, 0.717) is 37.7 Å². The Balaban J connectivity index is 1.55. The Kier molecular flexibility index (Phi) is 6.40. The largest absolute Gasteiger partial charge is 0.474 e. The molecule has 0 unspecified atom stereocenters. The lowest BCUT2D eigenvalue weighted by Gasteiger charge is -2.24. The molecule has 2 aliphatic rings. The van der Waals surface area contributed by atoms with Crippen molar-refractivity contribution < 1.29 is 14.3 Å². The molecule has 2 aromatic rings. The van der Waals surface area contributed by atoms with E-state index >= 15 is 0 Å². The topological polar surface area (TPSA) is 76.1 Å². The first-order chi connectivity index (χ1) is 14.6. The van der Waals surface area contributed by atoms with Crippen LogP contribution >= 0.6 is 0 Å². The average Bonchev–Trinajstić information content (AvgIpc) is 3.19. The molecule has 1 aromatic heterocycles. The van der Waals surface area contributed by atoms with E-state index in [1.54, 1.807) is 6.20 Å². The highest BCUT2D eigenvalue weighted by Gasteiger charge is 2.26. The highest BCUT2D eigenvalue weighted by atomic mass is 16.5. The van der Waals surface area contributed by atoms with Crippen LogP contribution in [0.1, 0.15) is 39.9 Å². The minimum absolute atomic E-state index is 0.0811. The lowest BCUT2D eigenvalue weighted by molar-refractivity contribution is 0.0236. The van der Waals surface area contributed by atoms with Gasteiger partial charge in [0.05, 0.1) is 31.0 Å². The van der Waals surface area contributed by atoms with Gasteiger partial charge in [-0.3, -0.25) is 9.79 Å². The Morgan fingerprint density at radius 1 is 1.27 bits per heavy atom. The summed E-state index contributed by atoms with van der Waals surface area (Å²) in [5.74, 6) is 0.541. The fourth-order valence-corrected chi connectivity index (χ4v) is 3.69. The van der Waals surface area contributed by atoms with Crippen molar-refractivity contribution in [1.82, 2.24) is 15.2 Å². The van der Waals surface area contributed by atoms with Crippen molar-refractivity contribution in [2.45, 2.75) is 25.5 Å². The number of carbonyl (C=O) groups excluding carboxylic acids is 1. The first kappa shape index (κ1) is 20.5. The van der Waals surface area contributed by atoms with Crippen LogP contribution in [0.3, 0.4) is 0 Å². The van der Waals surface area contributed by atoms with Crippen molar-refractivity contribution in [2.24, 2.45) is 4.99 Å². The molecule has 0 atom stereocenters. The number of nitrogens with one attached hydrogen (secondary N) is 1. The molecular formula is C23H28N4O3. The van der Waals surface area contributed by atoms with Gasteiger partial charge in [-0.2, -0.15) is 0 Å². The molecule has 7 heteroatoms. The zero-order valence-electron chi connectivity index (χ0n) is 17.6. The Hall–Kier alpha value is -2.77. The lowest BCUT2D eigenvalue weighted by Crippen LogP contribution is -2.31. The van der Waals surface area contributed by atoms with Crippen LogP contribution in [-0.2, 0) is 11.3 Å². The maximum Gasteiger partial charge on any atom is 0.251 e. The van der Waals surface area contributed by atoms with Gasteiger partial charge in [-0.25, -0.2) is 4.98 Å². The number of amides is 1. The molecule has 30 heavy (non-hydrogen) atoms. The summed E-state index contributed by atoms with van der Waals surface area (Å²) in [6, 6.07) is 9.58. The maximum atomic E-state index is 12.6. The van der Waals surface area contributed by atoms with Gasteiger partial charge in [-0.1, -0.05) is 12.1 Å². The molecule has 7 nitrogen and oxygen atoms in total. The third-order valence-corrected chi connectivity index (χ3v) is 5.34. The molecule has 4 rings (SSSR count). The number of hydrogen-bond donors (Lipinski definition) is 1. The van der Waals surface area contributed by atoms with Gasteiger partial charge in [-0.05, 0) is 37.9 Å². The smallest absolute Gasteiger partial charge is 0.251 e. The molecule has 1 saturated heterocycles. The van der Waals surface area contributed by atoms with Gasteiger partial charge in [-0.15, -0.1) is 0 Å². The van der Waals surface area contributed by atoms with Crippen LogP contribution in [0.5, 0.6) is 5.88 Å². The van der Waals surface area contributed by atoms with Crippen LogP contribution in [0.4, 0.5) is 0 Å². The van der Waals surface area contributed by atoms with Crippen molar-refractivity contribution in [3.8, 4) is 5.88 Å². The third kappa shape index (κ3) is 4.68. The first-order valence-corrected chi connectivity index (χ1v) is 10.4. The number of aliphatic imine (C=N–C) groups is 1. The van der Waals surface area contributed by atoms with Gasteiger partial charge >= 0.3 is 0 Å². The Morgan fingerprint density at radius 2 is 2.10 bits per heavy atom. The van der Waals surface area contributed by atoms with E-state index in [1.165, 1.54) is 0 Å². The standard InChI is InChI=1S/C23H28N4O3/c1-27(2)11-10-24-22(28)17-5-3-4-16(14-17)21-20-18(15-26-21)6-9-25-23(20)30-19-7-12-29-13-8-19/h3-6,9,14,19H,7-8,10-13,15H2,1-2H3,(H,24,28). The fourth-order valence-electron chi connectivity index (χ4n) is 3.69. The van der Waals surface area contributed by atoms with Crippen LogP contribution in [0.25, 0.3) is 0 Å². The van der Waals surface area contributed by atoms with Crippen molar-refractivity contribution in [1.29, 1.82) is 0 Å². The number of likely N-dealkylation sites (N-methyl/N-ethyl adjacent to an activating group) is 1. The second-order valence-corrected chi connectivity index (χ2v) is 7.88. The molecule has 0 bridgehead atoms. The van der Waals surface area contributed by atoms with Crippen molar-refractivity contribution in [2.75, 3.05) is 40.4 Å². The molecule has 0 aliphatic carbocycles. The summed E-state index contributed by atoms with van der Waals surface area (Å²) in [6.45, 7) is 3.42. The lowest BCUT2D eigenvalue weighted by atomic mass is 9.99. The SMILES string of the molecule is CN(C)CCNC(=O)c1cccc(C2=NCc3ccnc(OC4CCOCC4)c32)c1. The van der Waals surface area contributed by atoms with E-state index in [9.17, 15) is 4.79 Å². The molecule has 1 N–H and O–H groups in total. The molecule has 1 aromatic carbocycles. The monoisotopic (exact) mass is 408 g/mol. The summed E-state index contributed by atoms with van der Waals surface area (Å²) in [4.78, 5) is 23.8. The van der Waals surface area contributed by atoms with E-state index in [4.69, 9.17) is 14.5 Å². The van der Waals surface area contributed by atoms with E-state index < -0.39 is 0 Å². The minimum atomic E-state index is -0.0811. The van der Waals surface area contributed by atoms with Gasteiger partial charge in [0.2, 0.25) is 5.88 Å². The summed E-state index contributed by atoms with van der Waals surface area (Å²) in [7, 11) is 3.97. The number of benzene rings is 1. The van der Waals surface area contributed by atoms with Crippen LogP contribution in [0.15, 0.2) is 41.5 Å². The molecule has 1 fully saturated rings. The number of hydrogen-bond acceptors (Lipinski definition) is 6. The molecule has 158 valence electrons. The van der Waals surface area contributed by atoms with E-state index in [0.717, 1.165) is 41.8 Å². The summed E-state index contributed by atoms with van der Waals surface area (Å²) in [5, 5.41) is 2.96. The number of aromatic nitrogens is 1. The first-order valence-electron chi connectivity index (χ1n) is 10.4. The number of carbonyl (C=O) groups is 1. The molecule has 1 amide bonds. The van der Waals surface area contributed by atoms with Crippen molar-refractivity contribution in [3.05, 3.63) is 58.8 Å². The molecular weight excluding hydrogens is 380 g/mol. The summed E-state index contributed by atoms with van der Waals surface area (Å²) in [6.07, 6.45) is 3.61. The second kappa shape index (κ2) is 9.36. The van der Waals surface area contributed by atoms with Crippen LogP contribution < -0.4 is 10.1 Å². The molecule has 0 radical (unpaired) electrons. The number of nitrogens with zero attached hydrogens (tertiary/aromatic N) is 3. The van der Waals surface area contributed by atoms with Gasteiger partial charge in [0.15, 0.2) is 0 Å². The summed E-state index contributed by atoms with van der Waals surface area (Å²) < 4.78 is 11.7. The van der Waals surface area contributed by atoms with Gasteiger partial charge in [0, 0.05) is 43.3 Å². The van der Waals surface area contributed by atoms with E-state index in [1.807, 2.05) is 49.3 Å². The highest BCUT2D eigenvalue weighted by molar-refractivity contribution is 6.17. The Morgan fingerprint density at radius 3 is 2.90 bits per heavy atom. The number of pyridine rings is 1. The quantitative estimate of drug-likeness (QED) is 0.761. The van der Waals surface area contributed by atoms with Crippen LogP contribution in [0.2, 0.25) is 0 Å². The fraction of sp³-hybridized carbons (Fsp3) is 0.435. The van der Waals surface area contributed by atoms with Crippen LogP contribution in [0, 0.1) is 0 Å². The number of ether oxygens (including phenoxy) is 2. The predicted octanol–water partition coefficient (Wildman–Crippen LogP) is 2.28. The van der Waals surface area contributed by atoms with Crippen LogP contribution in [-0.4, -0.2) is 68.0 Å². The predicted molar refractivity (Wildman–Crippen MR) is 115 cm³/mol. The number of fused-ring (bicyclic) bond motifs is 1. The molecule has 0 spiro atoms. The maximum absolute atomic E-state index is 12.6. The van der Waals surface area contributed by atoms with Crippen molar-refractivity contribution >= 4 is 11.6 Å². The highest BCUT2D eigenvalue weighted by Crippen LogP contribution is 2.31. The second-order valence-electron chi connectivity index (χ2n) is 7.88. The molecule has 2 aliphatic heterocycles. The zero-order chi connectivity index (χ0) is 20.9. The number of rotatable bonds is 7. The minimum Gasteiger partial charge on any atom is -0.474 e. The molecule has 3 heterocycles.